The summed E-state index contributed by atoms with van der Waals surface area (Å²) in [6.07, 6.45) is 0. The van der Waals surface area contributed by atoms with E-state index in [0.717, 1.165) is 0 Å². The number of hydrogen-bond acceptors (Lipinski definition) is 3. The van der Waals surface area contributed by atoms with Crippen LogP contribution in [0.3, 0.4) is 0 Å². The van der Waals surface area contributed by atoms with Crippen LogP contribution in [0.5, 0.6) is 0 Å². The number of carbonyl (C=O) groups excluding carboxylic acids is 1. The highest BCUT2D eigenvalue weighted by Gasteiger charge is 2.21. The molecular formula is C13H19BrN2O3S. The summed E-state index contributed by atoms with van der Waals surface area (Å²) in [7, 11) is -3.45. The summed E-state index contributed by atoms with van der Waals surface area (Å²) < 4.78 is 25.9. The zero-order valence-electron chi connectivity index (χ0n) is 11.8. The molecular weight excluding hydrogens is 344 g/mol. The fraction of sp³-hybridized carbons (Fsp3) is 0.462. The molecule has 1 aromatic rings. The van der Waals surface area contributed by atoms with Crippen LogP contribution in [0.1, 0.15) is 20.8 Å². The van der Waals surface area contributed by atoms with Gasteiger partial charge in [-0.25, -0.2) is 8.42 Å². The fourth-order valence-electron chi connectivity index (χ4n) is 1.66. The van der Waals surface area contributed by atoms with Gasteiger partial charge in [0.05, 0.1) is 9.72 Å². The Morgan fingerprint density at radius 2 is 1.75 bits per heavy atom. The van der Waals surface area contributed by atoms with Crippen molar-refractivity contribution in [1.29, 1.82) is 0 Å². The lowest BCUT2D eigenvalue weighted by molar-refractivity contribution is -0.115. The van der Waals surface area contributed by atoms with E-state index in [4.69, 9.17) is 0 Å². The van der Waals surface area contributed by atoms with Gasteiger partial charge in [0.1, 0.15) is 0 Å². The smallest absolute Gasteiger partial charge is 0.243 e. The summed E-state index contributed by atoms with van der Waals surface area (Å²) >= 11 is 3.17. The van der Waals surface area contributed by atoms with Crippen LogP contribution in [0, 0.1) is 0 Å². The molecule has 0 aliphatic rings. The molecule has 1 N–H and O–H groups in total. The predicted molar refractivity (Wildman–Crippen MR) is 83.6 cm³/mol. The first kappa shape index (κ1) is 17.1. The molecule has 112 valence electrons. The quantitative estimate of drug-likeness (QED) is 0.790. The van der Waals surface area contributed by atoms with Crippen molar-refractivity contribution in [3.05, 3.63) is 24.3 Å². The van der Waals surface area contributed by atoms with Crippen molar-refractivity contribution in [3.63, 3.8) is 0 Å². The molecule has 0 radical (unpaired) electrons. The second-order valence-electron chi connectivity index (χ2n) is 4.22. The minimum Gasteiger partial charge on any atom is -0.325 e. The molecule has 1 unspecified atom stereocenters. The van der Waals surface area contributed by atoms with Crippen LogP contribution in [0.2, 0.25) is 0 Å². The van der Waals surface area contributed by atoms with E-state index in [1.807, 2.05) is 0 Å². The molecule has 5 nitrogen and oxygen atoms in total. The number of hydrogen-bond donors (Lipinski definition) is 1. The molecule has 0 aromatic heterocycles. The average molecular weight is 363 g/mol. The molecule has 0 saturated heterocycles. The van der Waals surface area contributed by atoms with Crippen molar-refractivity contribution in [3.8, 4) is 0 Å². The van der Waals surface area contributed by atoms with Crippen LogP contribution in [-0.2, 0) is 14.8 Å². The zero-order chi connectivity index (χ0) is 15.3. The second-order valence-corrected chi connectivity index (χ2v) is 7.53. The van der Waals surface area contributed by atoms with Gasteiger partial charge in [0.25, 0.3) is 0 Å². The summed E-state index contributed by atoms with van der Waals surface area (Å²) in [6, 6.07) is 6.18. The third kappa shape index (κ3) is 4.04. The number of amides is 1. The molecule has 1 rings (SSSR count). The third-order valence-corrected chi connectivity index (χ3v) is 5.31. The van der Waals surface area contributed by atoms with E-state index in [-0.39, 0.29) is 15.6 Å². The molecule has 0 saturated carbocycles. The highest BCUT2D eigenvalue weighted by atomic mass is 79.9. The number of halogens is 1. The maximum Gasteiger partial charge on any atom is 0.243 e. The van der Waals surface area contributed by atoms with Crippen LogP contribution < -0.4 is 5.32 Å². The van der Waals surface area contributed by atoms with Crippen LogP contribution in [-0.4, -0.2) is 36.5 Å². The lowest BCUT2D eigenvalue weighted by atomic mass is 10.3. The molecule has 0 spiro atoms. The van der Waals surface area contributed by atoms with Crippen LogP contribution in [0.25, 0.3) is 0 Å². The number of anilines is 1. The molecule has 0 aliphatic carbocycles. The van der Waals surface area contributed by atoms with Gasteiger partial charge in [0, 0.05) is 18.8 Å². The Balaban J connectivity index is 2.94. The number of carbonyl (C=O) groups is 1. The van der Waals surface area contributed by atoms with Gasteiger partial charge >= 0.3 is 0 Å². The normalized spacial score (nSPS) is 13.2. The Kier molecular flexibility index (Phi) is 6.16. The Hall–Kier alpha value is -0.920. The Labute approximate surface area is 128 Å². The van der Waals surface area contributed by atoms with Gasteiger partial charge in [0.2, 0.25) is 15.9 Å². The van der Waals surface area contributed by atoms with Crippen molar-refractivity contribution in [2.75, 3.05) is 18.4 Å². The molecule has 1 aromatic carbocycles. The van der Waals surface area contributed by atoms with Gasteiger partial charge in [-0.05, 0) is 31.2 Å². The van der Waals surface area contributed by atoms with Crippen molar-refractivity contribution < 1.29 is 13.2 Å². The molecule has 1 amide bonds. The predicted octanol–water partition coefficient (Wildman–Crippen LogP) is 2.44. The lowest BCUT2D eigenvalue weighted by Gasteiger charge is -2.18. The molecule has 1 atom stereocenters. The van der Waals surface area contributed by atoms with Gasteiger partial charge in [0.15, 0.2) is 0 Å². The minimum atomic E-state index is -3.45. The Bertz CT molecular complexity index is 551. The van der Waals surface area contributed by atoms with Crippen LogP contribution in [0.4, 0.5) is 5.69 Å². The number of benzene rings is 1. The lowest BCUT2D eigenvalue weighted by Crippen LogP contribution is -2.30. The number of nitrogens with zero attached hydrogens (tertiary/aromatic N) is 1. The molecule has 0 bridgehead atoms. The van der Waals surface area contributed by atoms with E-state index in [1.54, 1.807) is 32.9 Å². The third-order valence-electron chi connectivity index (χ3n) is 2.83. The summed E-state index contributed by atoms with van der Waals surface area (Å²) in [4.78, 5) is 11.4. The molecule has 0 fully saturated rings. The van der Waals surface area contributed by atoms with Gasteiger partial charge < -0.3 is 5.32 Å². The van der Waals surface area contributed by atoms with E-state index in [9.17, 15) is 13.2 Å². The highest BCUT2D eigenvalue weighted by Crippen LogP contribution is 2.18. The molecule has 0 aliphatic heterocycles. The second kappa shape index (κ2) is 7.19. The largest absolute Gasteiger partial charge is 0.325 e. The first-order chi connectivity index (χ1) is 9.32. The average Bonchev–Trinajstić information content (AvgIpc) is 2.40. The van der Waals surface area contributed by atoms with E-state index in [1.165, 1.54) is 16.4 Å². The summed E-state index contributed by atoms with van der Waals surface area (Å²) in [5.41, 5.74) is 0.569. The summed E-state index contributed by atoms with van der Waals surface area (Å²) in [6.45, 7) is 6.17. The number of rotatable bonds is 6. The highest BCUT2D eigenvalue weighted by molar-refractivity contribution is 9.10. The SMILES string of the molecule is CCN(CC)S(=O)(=O)c1ccc(NC(=O)C(C)Br)cc1. The number of sulfonamides is 1. The van der Waals surface area contributed by atoms with E-state index in [0.29, 0.717) is 18.8 Å². The van der Waals surface area contributed by atoms with Crippen LogP contribution in [0.15, 0.2) is 29.2 Å². The van der Waals surface area contributed by atoms with Crippen molar-refractivity contribution >= 4 is 37.5 Å². The van der Waals surface area contributed by atoms with Crippen molar-refractivity contribution in [2.45, 2.75) is 30.5 Å². The van der Waals surface area contributed by atoms with Crippen molar-refractivity contribution in [1.82, 2.24) is 4.31 Å². The Morgan fingerprint density at radius 3 is 2.15 bits per heavy atom. The van der Waals surface area contributed by atoms with E-state index < -0.39 is 10.0 Å². The minimum absolute atomic E-state index is 0.177. The summed E-state index contributed by atoms with van der Waals surface area (Å²) in [5.74, 6) is -0.177. The monoisotopic (exact) mass is 362 g/mol. The van der Waals surface area contributed by atoms with Gasteiger partial charge in [-0.1, -0.05) is 29.8 Å². The molecule has 20 heavy (non-hydrogen) atoms. The molecule has 7 heteroatoms. The number of nitrogens with one attached hydrogen (secondary N) is 1. The number of alkyl halides is 1. The maximum atomic E-state index is 12.3. The molecule has 0 heterocycles. The topological polar surface area (TPSA) is 66.5 Å². The van der Waals surface area contributed by atoms with Gasteiger partial charge in [-0.3, -0.25) is 4.79 Å². The fourth-order valence-corrected chi connectivity index (χ4v) is 3.24. The maximum absolute atomic E-state index is 12.3. The zero-order valence-corrected chi connectivity index (χ0v) is 14.2. The first-order valence-electron chi connectivity index (χ1n) is 6.38. The van der Waals surface area contributed by atoms with Crippen molar-refractivity contribution in [2.24, 2.45) is 0 Å². The summed E-state index contributed by atoms with van der Waals surface area (Å²) in [5, 5.41) is 2.68. The van der Waals surface area contributed by atoms with Gasteiger partial charge in [-0.15, -0.1) is 0 Å². The standard InChI is InChI=1S/C13H19BrN2O3S/c1-4-16(5-2)20(18,19)12-8-6-11(7-9-12)15-13(17)10(3)14/h6-10H,4-5H2,1-3H3,(H,15,17). The van der Waals surface area contributed by atoms with E-state index in [2.05, 4.69) is 21.2 Å². The van der Waals surface area contributed by atoms with E-state index >= 15 is 0 Å². The Morgan fingerprint density at radius 1 is 1.25 bits per heavy atom. The van der Waals surface area contributed by atoms with Crippen LogP contribution >= 0.6 is 15.9 Å². The van der Waals surface area contributed by atoms with Gasteiger partial charge in [-0.2, -0.15) is 4.31 Å². The first-order valence-corrected chi connectivity index (χ1v) is 8.73.